The Labute approximate surface area is 162 Å². The van der Waals surface area contributed by atoms with Crippen LogP contribution in [0.1, 0.15) is 59.8 Å². The largest absolute Gasteiger partial charge is 0.462 e. The Morgan fingerprint density at radius 1 is 0.963 bits per heavy atom. The lowest BCUT2D eigenvalue weighted by Crippen LogP contribution is -2.43. The molecule has 152 valence electrons. The van der Waals surface area contributed by atoms with Crippen molar-refractivity contribution in [1.29, 1.82) is 0 Å². The van der Waals surface area contributed by atoms with Gasteiger partial charge < -0.3 is 14.2 Å². The van der Waals surface area contributed by atoms with Crippen LogP contribution in [0.3, 0.4) is 0 Å². The summed E-state index contributed by atoms with van der Waals surface area (Å²) in [4.78, 5) is 25.1. The van der Waals surface area contributed by atoms with Crippen molar-refractivity contribution in [2.75, 3.05) is 13.4 Å². The standard InChI is InChI=1S/C22H34O5/c1-5-22(3,4)21(24)27-17-10-13-9-16(17)19-14-7-12(18(13)19)8-15(14)20(23)26-11-25-6-2/h12-19H,5-11H2,1-4H3. The Morgan fingerprint density at radius 3 is 2.37 bits per heavy atom. The van der Waals surface area contributed by atoms with Gasteiger partial charge in [-0.2, -0.15) is 0 Å². The molecule has 0 amide bonds. The Hall–Kier alpha value is -1.10. The summed E-state index contributed by atoms with van der Waals surface area (Å²) in [6, 6.07) is 0. The van der Waals surface area contributed by atoms with Crippen molar-refractivity contribution in [3.8, 4) is 0 Å². The molecule has 5 heteroatoms. The molecule has 27 heavy (non-hydrogen) atoms. The van der Waals surface area contributed by atoms with E-state index in [9.17, 15) is 9.59 Å². The van der Waals surface area contributed by atoms with Crippen LogP contribution in [-0.2, 0) is 23.8 Å². The lowest BCUT2D eigenvalue weighted by molar-refractivity contribution is -0.170. The highest BCUT2D eigenvalue weighted by Gasteiger charge is 2.66. The van der Waals surface area contributed by atoms with Crippen LogP contribution in [0.25, 0.3) is 0 Å². The maximum atomic E-state index is 12.6. The number of hydrogen-bond donors (Lipinski definition) is 0. The summed E-state index contributed by atoms with van der Waals surface area (Å²) >= 11 is 0. The van der Waals surface area contributed by atoms with Crippen molar-refractivity contribution in [1.82, 2.24) is 0 Å². The van der Waals surface area contributed by atoms with Gasteiger partial charge in [-0.1, -0.05) is 6.92 Å². The average molecular weight is 379 g/mol. The second-order valence-electron chi connectivity index (χ2n) is 9.81. The minimum atomic E-state index is -0.415. The summed E-state index contributed by atoms with van der Waals surface area (Å²) in [5, 5.41) is 0. The van der Waals surface area contributed by atoms with E-state index < -0.39 is 5.41 Å². The molecule has 4 rings (SSSR count). The van der Waals surface area contributed by atoms with Gasteiger partial charge in [0.25, 0.3) is 0 Å². The van der Waals surface area contributed by atoms with E-state index in [1.54, 1.807) is 0 Å². The highest BCUT2D eigenvalue weighted by atomic mass is 16.7. The molecule has 0 spiro atoms. The quantitative estimate of drug-likeness (QED) is 0.292. The Bertz CT molecular complexity index is 600. The number of hydrogen-bond acceptors (Lipinski definition) is 5. The van der Waals surface area contributed by atoms with Gasteiger partial charge in [-0.05, 0) is 88.4 Å². The van der Waals surface area contributed by atoms with Gasteiger partial charge in [-0.25, -0.2) is 0 Å². The Balaban J connectivity index is 1.42. The van der Waals surface area contributed by atoms with Crippen molar-refractivity contribution in [3.63, 3.8) is 0 Å². The van der Waals surface area contributed by atoms with E-state index in [0.29, 0.717) is 36.2 Å². The number of fused-ring (bicyclic) bond motifs is 9. The van der Waals surface area contributed by atoms with Gasteiger partial charge >= 0.3 is 11.9 Å². The second kappa shape index (κ2) is 7.06. The fourth-order valence-electron chi connectivity index (χ4n) is 6.68. The van der Waals surface area contributed by atoms with Crippen LogP contribution in [-0.4, -0.2) is 31.4 Å². The third kappa shape index (κ3) is 3.10. The van der Waals surface area contributed by atoms with Crippen LogP contribution in [0, 0.1) is 46.8 Å². The molecule has 0 aromatic rings. The molecule has 5 nitrogen and oxygen atoms in total. The molecule has 0 radical (unpaired) electrons. The molecule has 8 unspecified atom stereocenters. The fraction of sp³-hybridized carbons (Fsp3) is 0.909. The normalized spacial score (nSPS) is 41.6. The van der Waals surface area contributed by atoms with E-state index >= 15 is 0 Å². The fourth-order valence-corrected chi connectivity index (χ4v) is 6.68. The summed E-state index contributed by atoms with van der Waals surface area (Å²) < 4.78 is 16.6. The summed E-state index contributed by atoms with van der Waals surface area (Å²) in [5.74, 6) is 3.33. The smallest absolute Gasteiger partial charge is 0.311 e. The van der Waals surface area contributed by atoms with Crippen molar-refractivity contribution in [3.05, 3.63) is 0 Å². The highest BCUT2D eigenvalue weighted by molar-refractivity contribution is 5.76. The molecule has 0 aliphatic heterocycles. The Morgan fingerprint density at radius 2 is 1.67 bits per heavy atom. The number of carbonyl (C=O) groups is 2. The zero-order valence-corrected chi connectivity index (χ0v) is 17.1. The van der Waals surface area contributed by atoms with Gasteiger partial charge in [0.15, 0.2) is 6.79 Å². The van der Waals surface area contributed by atoms with E-state index in [1.165, 1.54) is 6.42 Å². The number of ether oxygens (including phenoxy) is 3. The molecule has 4 aliphatic rings. The summed E-state index contributed by atoms with van der Waals surface area (Å²) in [7, 11) is 0. The second-order valence-corrected chi connectivity index (χ2v) is 9.81. The molecular formula is C22H34O5. The number of esters is 2. The lowest BCUT2D eigenvalue weighted by atomic mass is 9.66. The van der Waals surface area contributed by atoms with Gasteiger partial charge in [0.1, 0.15) is 6.10 Å². The van der Waals surface area contributed by atoms with Crippen LogP contribution < -0.4 is 0 Å². The van der Waals surface area contributed by atoms with E-state index in [4.69, 9.17) is 14.2 Å². The number of carbonyl (C=O) groups excluding carboxylic acids is 2. The molecule has 0 aromatic carbocycles. The van der Waals surface area contributed by atoms with Crippen LogP contribution in [0.15, 0.2) is 0 Å². The predicted molar refractivity (Wildman–Crippen MR) is 99.4 cm³/mol. The first kappa shape index (κ1) is 19.2. The first-order valence-electron chi connectivity index (χ1n) is 10.8. The average Bonchev–Trinajstić information content (AvgIpc) is 3.39. The highest BCUT2D eigenvalue weighted by Crippen LogP contribution is 2.69. The molecule has 0 heterocycles. The first-order chi connectivity index (χ1) is 12.9. The monoisotopic (exact) mass is 378 g/mol. The van der Waals surface area contributed by atoms with Crippen molar-refractivity contribution in [2.24, 2.45) is 46.8 Å². The van der Waals surface area contributed by atoms with E-state index in [-0.39, 0.29) is 30.8 Å². The summed E-state index contributed by atoms with van der Waals surface area (Å²) in [6.07, 6.45) is 5.17. The van der Waals surface area contributed by atoms with Crippen LogP contribution in [0.5, 0.6) is 0 Å². The predicted octanol–water partition coefficient (Wildman–Crippen LogP) is 3.80. The molecule has 4 bridgehead atoms. The summed E-state index contributed by atoms with van der Waals surface area (Å²) in [6.45, 7) is 8.48. The van der Waals surface area contributed by atoms with E-state index in [2.05, 4.69) is 0 Å². The third-order valence-corrected chi connectivity index (χ3v) is 8.24. The molecule has 4 fully saturated rings. The zero-order valence-electron chi connectivity index (χ0n) is 17.1. The van der Waals surface area contributed by atoms with Crippen molar-refractivity contribution < 1.29 is 23.8 Å². The zero-order chi connectivity index (χ0) is 19.3. The first-order valence-corrected chi connectivity index (χ1v) is 10.8. The minimum Gasteiger partial charge on any atom is -0.462 e. The molecule has 4 aliphatic carbocycles. The molecule has 0 saturated heterocycles. The molecule has 4 saturated carbocycles. The maximum Gasteiger partial charge on any atom is 0.311 e. The van der Waals surface area contributed by atoms with E-state index in [1.807, 2.05) is 27.7 Å². The molecule has 0 N–H and O–H groups in total. The SMILES string of the molecule is CCOCOC(=O)C1CC2CC1C1C3CC(CC3OC(=O)C(C)(C)CC)C21. The van der Waals surface area contributed by atoms with Gasteiger partial charge in [-0.3, -0.25) is 9.59 Å². The van der Waals surface area contributed by atoms with Gasteiger partial charge in [0, 0.05) is 6.61 Å². The minimum absolute atomic E-state index is 0.0134. The lowest BCUT2D eigenvalue weighted by Gasteiger charge is -2.41. The van der Waals surface area contributed by atoms with Gasteiger partial charge in [0.2, 0.25) is 0 Å². The van der Waals surface area contributed by atoms with Crippen molar-refractivity contribution in [2.45, 2.75) is 65.9 Å². The van der Waals surface area contributed by atoms with E-state index in [0.717, 1.165) is 31.6 Å². The Kier molecular flexibility index (Phi) is 5.02. The van der Waals surface area contributed by atoms with Crippen LogP contribution in [0.4, 0.5) is 0 Å². The molecular weight excluding hydrogens is 344 g/mol. The van der Waals surface area contributed by atoms with Crippen molar-refractivity contribution >= 4 is 11.9 Å². The molecule has 8 atom stereocenters. The summed E-state index contributed by atoms with van der Waals surface area (Å²) in [5.41, 5.74) is -0.415. The number of rotatable bonds is 7. The van der Waals surface area contributed by atoms with Crippen LogP contribution in [0.2, 0.25) is 0 Å². The van der Waals surface area contributed by atoms with Gasteiger partial charge in [0.05, 0.1) is 11.3 Å². The maximum absolute atomic E-state index is 12.6. The van der Waals surface area contributed by atoms with Gasteiger partial charge in [-0.15, -0.1) is 0 Å². The third-order valence-electron chi connectivity index (χ3n) is 8.24. The molecule has 0 aromatic heterocycles. The van der Waals surface area contributed by atoms with Crippen LogP contribution >= 0.6 is 0 Å². The topological polar surface area (TPSA) is 61.8 Å².